The summed E-state index contributed by atoms with van der Waals surface area (Å²) in [7, 11) is 0. The van der Waals surface area contributed by atoms with Gasteiger partial charge in [-0.25, -0.2) is 54.8 Å². The zero-order valence-corrected chi connectivity index (χ0v) is 66.7. The quantitative estimate of drug-likeness (QED) is 0.119. The van der Waals surface area contributed by atoms with Crippen LogP contribution in [0.2, 0.25) is 0 Å². The molecule has 0 N–H and O–H groups in total. The van der Waals surface area contributed by atoms with Crippen molar-refractivity contribution in [2.45, 2.75) is 0 Å². The van der Waals surface area contributed by atoms with Gasteiger partial charge in [0, 0.05) is 104 Å². The van der Waals surface area contributed by atoms with Gasteiger partial charge in [-0.05, 0) is 133 Å². The molecule has 17 rings (SSSR count). The van der Waals surface area contributed by atoms with E-state index in [4.69, 9.17) is 39.9 Å². The van der Waals surface area contributed by atoms with Gasteiger partial charge in [-0.15, -0.1) is 0 Å². The molecule has 13 nitrogen and oxygen atoms in total. The van der Waals surface area contributed by atoms with Crippen molar-refractivity contribution in [1.29, 1.82) is 0 Å². The zero-order valence-electron chi connectivity index (χ0n) is 54.0. The molecule has 0 amide bonds. The van der Waals surface area contributed by atoms with Crippen molar-refractivity contribution in [3.63, 3.8) is 0 Å². The summed E-state index contributed by atoms with van der Waals surface area (Å²) in [4.78, 5) is 68.4. The second-order valence-electron chi connectivity index (χ2n) is 23.1. The van der Waals surface area contributed by atoms with E-state index >= 15 is 0 Å². The van der Waals surface area contributed by atoms with E-state index in [1.165, 1.54) is 6.33 Å². The zero-order chi connectivity index (χ0) is 71.6. The van der Waals surface area contributed by atoms with Crippen LogP contribution in [-0.2, 0) is 0 Å². The Morgan fingerprint density at radius 1 is 0.231 bits per heavy atom. The minimum Gasteiger partial charge on any atom is -0.289 e. The number of aromatic nitrogens is 12. The third-order valence-corrected chi connectivity index (χ3v) is 20.4. The lowest BCUT2D eigenvalue weighted by molar-refractivity contribution is 0.103. The number of rotatable bonds is 10. The van der Waals surface area contributed by atoms with E-state index < -0.39 is 0 Å². The van der Waals surface area contributed by atoms with Crippen LogP contribution in [0, 0.1) is 0 Å². The van der Waals surface area contributed by atoms with Gasteiger partial charge in [-0.1, -0.05) is 255 Å². The second kappa shape index (κ2) is 33.1. The third kappa shape index (κ3) is 17.1. The van der Waals surface area contributed by atoms with Gasteiger partial charge in [0.25, 0.3) is 0 Å². The predicted octanol–water partition coefficient (Wildman–Crippen LogP) is 24.8. The summed E-state index contributed by atoms with van der Waals surface area (Å²) in [5.41, 5.74) is 21.6. The third-order valence-electron chi connectivity index (χ3n) is 16.2. The molecule has 17 aromatic rings. The van der Waals surface area contributed by atoms with Gasteiger partial charge in [0.1, 0.15) is 22.9 Å². The van der Waals surface area contributed by atoms with E-state index in [0.29, 0.717) is 33.5 Å². The lowest BCUT2D eigenvalue weighted by Gasteiger charge is -2.12. The molecule has 10 aromatic carbocycles. The van der Waals surface area contributed by atoms with Gasteiger partial charge in [-0.3, -0.25) is 9.78 Å². The number of hydrogen-bond acceptors (Lipinski definition) is 13. The molecule has 0 atom stereocenters. The van der Waals surface area contributed by atoms with Gasteiger partial charge < -0.3 is 0 Å². The molecule has 0 bridgehead atoms. The number of benzene rings is 10. The summed E-state index contributed by atoms with van der Waals surface area (Å²) < 4.78 is 8.18. The van der Waals surface area contributed by atoms with Crippen LogP contribution in [-0.4, -0.2) is 65.6 Å². The molecule has 7 aromatic heterocycles. The topological polar surface area (TPSA) is 172 Å². The van der Waals surface area contributed by atoms with Crippen molar-refractivity contribution in [1.82, 2.24) is 59.8 Å². The van der Waals surface area contributed by atoms with E-state index in [2.05, 4.69) is 147 Å². The molecule has 502 valence electrons. The molecular weight excluding hydrogens is 1820 g/mol. The van der Waals surface area contributed by atoms with E-state index in [0.717, 1.165) is 148 Å². The van der Waals surface area contributed by atoms with E-state index in [-0.39, 0.29) is 5.78 Å². The summed E-state index contributed by atoms with van der Waals surface area (Å²) in [6, 6.07) is 85.0. The van der Waals surface area contributed by atoms with Gasteiger partial charge in [0.2, 0.25) is 0 Å². The van der Waals surface area contributed by atoms with Gasteiger partial charge >= 0.3 is 0 Å². The molecule has 0 spiro atoms. The fraction of sp³-hybridized carbons (Fsp3) is 0. The monoisotopic (exact) mass is 1860 g/mol. The first kappa shape index (κ1) is 71.4. The molecule has 0 aliphatic carbocycles. The summed E-state index contributed by atoms with van der Waals surface area (Å²) in [5.74, 6) is -0.0310. The van der Waals surface area contributed by atoms with Crippen LogP contribution in [0.25, 0.3) is 134 Å². The highest BCUT2D eigenvalue weighted by molar-refractivity contribution is 9.11. The van der Waals surface area contributed by atoms with Gasteiger partial charge in [-0.2, -0.15) is 0 Å². The predicted molar refractivity (Wildman–Crippen MR) is 444 cm³/mol. The molecule has 0 saturated heterocycles. The van der Waals surface area contributed by atoms with Crippen molar-refractivity contribution in [2.75, 3.05) is 0 Å². The van der Waals surface area contributed by atoms with E-state index in [9.17, 15) is 4.79 Å². The van der Waals surface area contributed by atoms with Gasteiger partial charge in [0.15, 0.2) is 17.1 Å². The second-order valence-corrected chi connectivity index (χ2v) is 30.4. The van der Waals surface area contributed by atoms with Crippen molar-refractivity contribution in [3.05, 3.63) is 339 Å². The van der Waals surface area contributed by atoms with Crippen LogP contribution in [0.1, 0.15) is 15.9 Å². The molecule has 21 heteroatoms. The summed E-state index contributed by atoms with van der Waals surface area (Å²) in [5, 5.41) is 0. The molecular formula is C83H48Br8N12O. The maximum atomic E-state index is 12.9. The lowest BCUT2D eigenvalue weighted by atomic mass is 10.0. The molecule has 0 saturated carbocycles. The number of halogens is 8. The maximum Gasteiger partial charge on any atom is 0.193 e. The van der Waals surface area contributed by atoms with Crippen LogP contribution >= 0.6 is 127 Å². The highest BCUT2D eigenvalue weighted by atomic mass is 79.9. The molecule has 0 unspecified atom stereocenters. The van der Waals surface area contributed by atoms with Crippen LogP contribution in [0.15, 0.2) is 328 Å². The Kier molecular flexibility index (Phi) is 22.7. The Balaban J connectivity index is 0.000000118. The highest BCUT2D eigenvalue weighted by Crippen LogP contribution is 2.38. The first-order valence-electron chi connectivity index (χ1n) is 31.9. The minimum atomic E-state index is -0.0310. The number of hydrogen-bond donors (Lipinski definition) is 0. The largest absolute Gasteiger partial charge is 0.289 e. The van der Waals surface area contributed by atoms with Crippen molar-refractivity contribution >= 4 is 178 Å². The molecule has 0 radical (unpaired) electrons. The average molecular weight is 1870 g/mol. The van der Waals surface area contributed by atoms with Crippen molar-refractivity contribution < 1.29 is 4.79 Å². The smallest absolute Gasteiger partial charge is 0.193 e. The summed E-state index contributed by atoms with van der Waals surface area (Å²) in [6.07, 6.45) is 8.39. The SMILES string of the molecule is Brc1ccc(-c2nc3cccnc3nc2-c2ccc(Br)cc2)cc1.Brc1ccc(-c2nc3ccncc3nc2-c2ccc(Br)cc2)cc1.Brc1ccc(-c2nc3cncnc3nc2-c2ccc(Br)cc2)cc1.O=C(c1ccccc1)c1ccc2nc(-c3ccc(Br)cc3)c(-c3ccc(Br)cc3)nc2c1. The average Bonchev–Trinajstić information content (AvgIpc) is 0.784. The van der Waals surface area contributed by atoms with Crippen LogP contribution < -0.4 is 0 Å². The number of carbonyl (C=O) groups is 1. The molecule has 0 fully saturated rings. The first-order valence-corrected chi connectivity index (χ1v) is 38.3. The van der Waals surface area contributed by atoms with Crippen LogP contribution in [0.3, 0.4) is 0 Å². The van der Waals surface area contributed by atoms with Crippen LogP contribution in [0.5, 0.6) is 0 Å². The summed E-state index contributed by atoms with van der Waals surface area (Å²) >= 11 is 27.8. The van der Waals surface area contributed by atoms with Crippen molar-refractivity contribution in [2.24, 2.45) is 0 Å². The standard InChI is InChI=1S/C27H16Br2N2O.2C19H11Br2N3.C18H10Br2N4/c28-21-11-6-17(7-12-21)25-26(18-8-13-22(29)14-9-18)31-24-16-20(10-15-23(24)30-25)27(32)19-4-2-1-3-5-19;20-14-5-1-12(2-6-14)18-19(13-3-7-15(21)8-4-13)24-17-11-22-10-9-16(17)23-18;20-14-7-3-12(4-8-14)17-18(13-5-9-15(21)10-6-13)24-19-16(23-17)2-1-11-22-19;19-13-5-1-11(2-6-13)16-17(12-3-7-14(20)8-4-12)24-18-15(23-16)9-21-10-22-18/h1-16H;2*1-11H;1-10H. The number of ketones is 1. The lowest BCUT2D eigenvalue weighted by Crippen LogP contribution is -2.02. The van der Waals surface area contributed by atoms with E-state index in [1.807, 2.05) is 261 Å². The fourth-order valence-corrected chi connectivity index (χ4v) is 13.2. The molecule has 104 heavy (non-hydrogen) atoms. The Bertz CT molecular complexity index is 5280. The number of pyridine rings is 2. The Labute approximate surface area is 664 Å². The molecule has 0 aliphatic rings. The number of nitrogens with zero attached hydrogens (tertiary/aromatic N) is 12. The fourth-order valence-electron chi connectivity index (χ4n) is 11.0. The first-order chi connectivity index (χ1) is 50.7. The minimum absolute atomic E-state index is 0.0310. The molecule has 7 heterocycles. The number of fused-ring (bicyclic) bond motifs is 4. The Hall–Kier alpha value is -9.55. The maximum absolute atomic E-state index is 12.9. The Morgan fingerprint density at radius 3 is 0.942 bits per heavy atom. The van der Waals surface area contributed by atoms with Crippen molar-refractivity contribution in [3.8, 4) is 90.1 Å². The van der Waals surface area contributed by atoms with E-state index in [1.54, 1.807) is 24.8 Å². The normalized spacial score (nSPS) is 10.9. The summed E-state index contributed by atoms with van der Waals surface area (Å²) in [6.45, 7) is 0. The Morgan fingerprint density at radius 2 is 0.548 bits per heavy atom. The molecule has 0 aliphatic heterocycles. The van der Waals surface area contributed by atoms with Crippen LogP contribution in [0.4, 0.5) is 0 Å². The highest BCUT2D eigenvalue weighted by Gasteiger charge is 2.20. The van der Waals surface area contributed by atoms with Gasteiger partial charge in [0.05, 0.1) is 74.5 Å². The number of carbonyl (C=O) groups excluding carboxylic acids is 1.